The number of para-hydroxylation sites is 1. The van der Waals surface area contributed by atoms with Gasteiger partial charge in [0.2, 0.25) is 0 Å². The highest BCUT2D eigenvalue weighted by molar-refractivity contribution is 6.08. The number of hydrogen-bond acceptors (Lipinski definition) is 5. The second-order valence-corrected chi connectivity index (χ2v) is 6.57. The Labute approximate surface area is 180 Å². The molecule has 0 fully saturated rings. The summed E-state index contributed by atoms with van der Waals surface area (Å²) < 4.78 is 10.2. The molecule has 31 heavy (non-hydrogen) atoms. The Balaban J connectivity index is 1.57. The molecule has 0 aliphatic carbocycles. The van der Waals surface area contributed by atoms with Crippen molar-refractivity contribution in [3.63, 3.8) is 0 Å². The van der Waals surface area contributed by atoms with E-state index in [0.717, 1.165) is 5.56 Å². The van der Waals surface area contributed by atoms with Gasteiger partial charge in [-0.2, -0.15) is 0 Å². The third kappa shape index (κ3) is 6.17. The number of esters is 1. The first-order chi connectivity index (χ1) is 15.1. The van der Waals surface area contributed by atoms with Crippen LogP contribution in [0.1, 0.15) is 26.3 Å². The topological polar surface area (TPSA) is 93.7 Å². The molecule has 0 aromatic heterocycles. The van der Waals surface area contributed by atoms with Gasteiger partial charge in [-0.15, -0.1) is 0 Å². The fourth-order valence-corrected chi connectivity index (χ4v) is 2.76. The van der Waals surface area contributed by atoms with Crippen LogP contribution in [0.4, 0.5) is 5.69 Å². The summed E-state index contributed by atoms with van der Waals surface area (Å²) in [4.78, 5) is 37.0. The molecule has 0 aliphatic rings. The molecule has 0 heterocycles. The molecule has 3 rings (SSSR count). The van der Waals surface area contributed by atoms with Crippen molar-refractivity contribution in [2.24, 2.45) is 0 Å². The second kappa shape index (κ2) is 10.6. The van der Waals surface area contributed by atoms with Gasteiger partial charge < -0.3 is 20.1 Å². The summed E-state index contributed by atoms with van der Waals surface area (Å²) in [6, 6.07) is 22.4. The largest absolute Gasteiger partial charge is 0.497 e. The summed E-state index contributed by atoms with van der Waals surface area (Å²) in [5.41, 5.74) is 1.79. The fourth-order valence-electron chi connectivity index (χ4n) is 2.76. The molecule has 7 nitrogen and oxygen atoms in total. The lowest BCUT2D eigenvalue weighted by molar-refractivity contribution is -0.124. The van der Waals surface area contributed by atoms with Gasteiger partial charge in [-0.05, 0) is 42.0 Å². The van der Waals surface area contributed by atoms with Gasteiger partial charge in [0, 0.05) is 12.1 Å². The normalized spacial score (nSPS) is 10.1. The molecule has 158 valence electrons. The van der Waals surface area contributed by atoms with Crippen LogP contribution in [0.2, 0.25) is 0 Å². The Kier molecular flexibility index (Phi) is 7.37. The van der Waals surface area contributed by atoms with Crippen LogP contribution in [0, 0.1) is 0 Å². The second-order valence-electron chi connectivity index (χ2n) is 6.57. The maximum absolute atomic E-state index is 12.5. The zero-order chi connectivity index (χ0) is 22.1. The Hall–Kier alpha value is -4.13. The third-order valence-corrected chi connectivity index (χ3v) is 4.41. The van der Waals surface area contributed by atoms with Crippen LogP contribution in [-0.2, 0) is 16.1 Å². The van der Waals surface area contributed by atoms with Gasteiger partial charge in [0.1, 0.15) is 5.75 Å². The minimum absolute atomic E-state index is 0.153. The average Bonchev–Trinajstić information content (AvgIpc) is 2.82. The number of anilines is 1. The highest BCUT2D eigenvalue weighted by Gasteiger charge is 2.16. The molecular weight excluding hydrogens is 396 g/mol. The molecule has 2 amide bonds. The Morgan fingerprint density at radius 2 is 1.52 bits per heavy atom. The van der Waals surface area contributed by atoms with Crippen molar-refractivity contribution in [1.29, 1.82) is 0 Å². The molecule has 3 aromatic rings. The minimum atomic E-state index is -0.708. The standard InChI is InChI=1S/C24H22N2O5/c1-30-19-13-11-18(12-14-19)23(28)26-21-10-6-5-9-20(21)24(29)31-16-22(27)25-15-17-7-3-2-4-8-17/h2-14H,15-16H2,1H3,(H,25,27)(H,26,28). The highest BCUT2D eigenvalue weighted by Crippen LogP contribution is 2.18. The smallest absolute Gasteiger partial charge is 0.340 e. The van der Waals surface area contributed by atoms with E-state index in [2.05, 4.69) is 10.6 Å². The molecule has 3 aromatic carbocycles. The van der Waals surface area contributed by atoms with E-state index in [1.807, 2.05) is 30.3 Å². The fraction of sp³-hybridized carbons (Fsp3) is 0.125. The first-order valence-electron chi connectivity index (χ1n) is 9.59. The van der Waals surface area contributed by atoms with Crippen LogP contribution in [0.3, 0.4) is 0 Å². The van der Waals surface area contributed by atoms with Crippen LogP contribution < -0.4 is 15.4 Å². The lowest BCUT2D eigenvalue weighted by atomic mass is 10.1. The molecule has 0 unspecified atom stereocenters. The van der Waals surface area contributed by atoms with Crippen LogP contribution in [-0.4, -0.2) is 31.5 Å². The quantitative estimate of drug-likeness (QED) is 0.547. The van der Waals surface area contributed by atoms with Crippen molar-refractivity contribution in [2.75, 3.05) is 19.0 Å². The van der Waals surface area contributed by atoms with Gasteiger partial charge >= 0.3 is 5.97 Å². The van der Waals surface area contributed by atoms with Crippen molar-refractivity contribution >= 4 is 23.5 Å². The zero-order valence-corrected chi connectivity index (χ0v) is 17.0. The monoisotopic (exact) mass is 418 g/mol. The summed E-state index contributed by atoms with van der Waals surface area (Å²) >= 11 is 0. The van der Waals surface area contributed by atoms with E-state index in [-0.39, 0.29) is 17.2 Å². The highest BCUT2D eigenvalue weighted by atomic mass is 16.5. The number of carbonyl (C=O) groups is 3. The molecule has 0 spiro atoms. The maximum Gasteiger partial charge on any atom is 0.340 e. The van der Waals surface area contributed by atoms with Gasteiger partial charge in [0.05, 0.1) is 18.4 Å². The Morgan fingerprint density at radius 1 is 0.839 bits per heavy atom. The predicted molar refractivity (Wildman–Crippen MR) is 116 cm³/mol. The van der Waals surface area contributed by atoms with Gasteiger partial charge in [0.25, 0.3) is 11.8 Å². The molecule has 0 atom stereocenters. The number of nitrogens with one attached hydrogen (secondary N) is 2. The van der Waals surface area contributed by atoms with Crippen LogP contribution in [0.25, 0.3) is 0 Å². The molecule has 7 heteroatoms. The minimum Gasteiger partial charge on any atom is -0.497 e. The summed E-state index contributed by atoms with van der Waals surface area (Å²) in [5.74, 6) is -0.882. The molecule has 0 radical (unpaired) electrons. The van der Waals surface area contributed by atoms with E-state index in [0.29, 0.717) is 17.9 Å². The van der Waals surface area contributed by atoms with Gasteiger partial charge in [-0.25, -0.2) is 4.79 Å². The SMILES string of the molecule is COc1ccc(C(=O)Nc2ccccc2C(=O)OCC(=O)NCc2ccccc2)cc1. The van der Waals surface area contributed by atoms with Crippen molar-refractivity contribution in [2.45, 2.75) is 6.54 Å². The van der Waals surface area contributed by atoms with Crippen molar-refractivity contribution < 1.29 is 23.9 Å². The molecule has 0 aliphatic heterocycles. The van der Waals surface area contributed by atoms with Crippen LogP contribution in [0.15, 0.2) is 78.9 Å². The summed E-state index contributed by atoms with van der Waals surface area (Å²) in [6.07, 6.45) is 0. The van der Waals surface area contributed by atoms with Gasteiger partial charge in [-0.3, -0.25) is 9.59 Å². The lowest BCUT2D eigenvalue weighted by Crippen LogP contribution is -2.28. The number of benzene rings is 3. The molecule has 2 N–H and O–H groups in total. The van der Waals surface area contributed by atoms with E-state index in [9.17, 15) is 14.4 Å². The summed E-state index contributed by atoms with van der Waals surface area (Å²) in [6.45, 7) is -0.0852. The van der Waals surface area contributed by atoms with Crippen molar-refractivity contribution in [3.05, 3.63) is 95.6 Å². The van der Waals surface area contributed by atoms with E-state index in [4.69, 9.17) is 9.47 Å². The molecule has 0 saturated carbocycles. The number of hydrogen-bond donors (Lipinski definition) is 2. The number of methoxy groups -OCH3 is 1. The molecule has 0 saturated heterocycles. The average molecular weight is 418 g/mol. The van der Waals surface area contributed by atoms with Crippen LogP contribution in [0.5, 0.6) is 5.75 Å². The third-order valence-electron chi connectivity index (χ3n) is 4.41. The maximum atomic E-state index is 12.5. The van der Waals surface area contributed by atoms with E-state index in [1.54, 1.807) is 49.6 Å². The van der Waals surface area contributed by atoms with E-state index in [1.165, 1.54) is 6.07 Å². The zero-order valence-electron chi connectivity index (χ0n) is 17.0. The number of amides is 2. The number of ether oxygens (including phenoxy) is 2. The molecular formula is C24H22N2O5. The number of rotatable bonds is 8. The summed E-state index contributed by atoms with van der Waals surface area (Å²) in [5, 5.41) is 5.39. The van der Waals surface area contributed by atoms with Crippen molar-refractivity contribution in [1.82, 2.24) is 5.32 Å². The van der Waals surface area contributed by atoms with Gasteiger partial charge in [-0.1, -0.05) is 42.5 Å². The first kappa shape index (κ1) is 21.6. The number of carbonyl (C=O) groups excluding carboxylic acids is 3. The summed E-state index contributed by atoms with van der Waals surface area (Å²) in [7, 11) is 1.54. The van der Waals surface area contributed by atoms with E-state index < -0.39 is 18.5 Å². The van der Waals surface area contributed by atoms with Crippen molar-refractivity contribution in [3.8, 4) is 5.75 Å². The molecule has 0 bridgehead atoms. The lowest BCUT2D eigenvalue weighted by Gasteiger charge is -2.11. The predicted octanol–water partition coefficient (Wildman–Crippen LogP) is 3.42. The Morgan fingerprint density at radius 3 is 2.23 bits per heavy atom. The van der Waals surface area contributed by atoms with Crippen LogP contribution >= 0.6 is 0 Å². The Bertz CT molecular complexity index is 1050. The first-order valence-corrected chi connectivity index (χ1v) is 9.59. The van der Waals surface area contributed by atoms with Gasteiger partial charge in [0.15, 0.2) is 6.61 Å². The van der Waals surface area contributed by atoms with E-state index >= 15 is 0 Å².